The highest BCUT2D eigenvalue weighted by molar-refractivity contribution is 7.89. The van der Waals surface area contributed by atoms with Gasteiger partial charge in [0.2, 0.25) is 21.9 Å². The molecule has 0 aliphatic carbocycles. The molecule has 1 amide bonds. The zero-order chi connectivity index (χ0) is 21.1. The molecule has 1 atom stereocenters. The first-order chi connectivity index (χ1) is 14.5. The fourth-order valence-electron chi connectivity index (χ4n) is 3.58. The van der Waals surface area contributed by atoms with E-state index in [9.17, 15) is 13.2 Å². The number of anilines is 1. The first kappa shape index (κ1) is 20.6. The number of halogens is 1. The SMILES string of the molecule is O=C(Nc1nccn1Cc1ccccc1Cl)C1CCCN1S(=O)(=O)c1ccccc1. The lowest BCUT2D eigenvalue weighted by molar-refractivity contribution is -0.119. The summed E-state index contributed by atoms with van der Waals surface area (Å²) in [6.07, 6.45) is 4.41. The number of rotatable bonds is 6. The quantitative estimate of drug-likeness (QED) is 0.631. The van der Waals surface area contributed by atoms with Crippen LogP contribution in [0.15, 0.2) is 71.9 Å². The standard InChI is InChI=1S/C21H21ClN4O3S/c22-18-10-5-4-7-16(18)15-25-14-12-23-21(25)24-20(27)19-11-6-13-26(19)30(28,29)17-8-2-1-3-9-17/h1-5,7-10,12,14,19H,6,11,13,15H2,(H,23,24,27). The molecule has 0 spiro atoms. The molecule has 1 aromatic heterocycles. The van der Waals surface area contributed by atoms with Gasteiger partial charge in [-0.15, -0.1) is 0 Å². The number of benzene rings is 2. The Morgan fingerprint density at radius 1 is 1.13 bits per heavy atom. The van der Waals surface area contributed by atoms with E-state index in [1.807, 2.05) is 18.2 Å². The normalized spacial score (nSPS) is 17.2. The molecule has 1 fully saturated rings. The molecule has 9 heteroatoms. The third-order valence-electron chi connectivity index (χ3n) is 5.11. The Bertz CT molecular complexity index is 1150. The van der Waals surface area contributed by atoms with Crippen LogP contribution in [0.1, 0.15) is 18.4 Å². The van der Waals surface area contributed by atoms with Gasteiger partial charge in [-0.2, -0.15) is 4.31 Å². The highest BCUT2D eigenvalue weighted by Crippen LogP contribution is 2.27. The Hall–Kier alpha value is -2.68. The van der Waals surface area contributed by atoms with Gasteiger partial charge in [0.15, 0.2) is 0 Å². The van der Waals surface area contributed by atoms with E-state index in [0.717, 1.165) is 5.56 Å². The van der Waals surface area contributed by atoms with Gasteiger partial charge in [0.1, 0.15) is 6.04 Å². The second-order valence-electron chi connectivity index (χ2n) is 7.05. The third-order valence-corrected chi connectivity index (χ3v) is 7.40. The highest BCUT2D eigenvalue weighted by Gasteiger charge is 2.39. The lowest BCUT2D eigenvalue weighted by Gasteiger charge is -2.23. The van der Waals surface area contributed by atoms with Crippen LogP contribution in [0, 0.1) is 0 Å². The minimum absolute atomic E-state index is 0.185. The van der Waals surface area contributed by atoms with E-state index in [1.54, 1.807) is 53.4 Å². The molecule has 156 valence electrons. The molecule has 1 saturated heterocycles. The zero-order valence-electron chi connectivity index (χ0n) is 16.1. The lowest BCUT2D eigenvalue weighted by atomic mass is 10.2. The number of hydrogen-bond donors (Lipinski definition) is 1. The summed E-state index contributed by atoms with van der Waals surface area (Å²) in [6.45, 7) is 0.745. The van der Waals surface area contributed by atoms with Gasteiger partial charge in [0, 0.05) is 24.0 Å². The Balaban J connectivity index is 1.52. The summed E-state index contributed by atoms with van der Waals surface area (Å²) in [5.74, 6) is -0.0394. The monoisotopic (exact) mass is 444 g/mol. The van der Waals surface area contributed by atoms with Gasteiger partial charge >= 0.3 is 0 Å². The molecular weight excluding hydrogens is 424 g/mol. The van der Waals surface area contributed by atoms with E-state index in [0.29, 0.717) is 36.9 Å². The number of amides is 1. The Labute approximate surface area is 180 Å². The number of nitrogens with zero attached hydrogens (tertiary/aromatic N) is 3. The van der Waals surface area contributed by atoms with Crippen molar-refractivity contribution in [2.75, 3.05) is 11.9 Å². The van der Waals surface area contributed by atoms with Gasteiger partial charge in [-0.05, 0) is 36.6 Å². The minimum atomic E-state index is -3.75. The second kappa shape index (κ2) is 8.59. The summed E-state index contributed by atoms with van der Waals surface area (Å²) >= 11 is 6.24. The lowest BCUT2D eigenvalue weighted by Crippen LogP contribution is -2.43. The molecule has 4 rings (SSSR count). The average Bonchev–Trinajstić information content (AvgIpc) is 3.41. The van der Waals surface area contributed by atoms with Gasteiger partial charge in [-0.25, -0.2) is 13.4 Å². The molecule has 1 N–H and O–H groups in total. The van der Waals surface area contributed by atoms with E-state index in [2.05, 4.69) is 10.3 Å². The summed E-state index contributed by atoms with van der Waals surface area (Å²) in [5.41, 5.74) is 0.891. The topological polar surface area (TPSA) is 84.3 Å². The number of imidazole rings is 1. The van der Waals surface area contributed by atoms with E-state index in [4.69, 9.17) is 11.6 Å². The predicted molar refractivity (Wildman–Crippen MR) is 115 cm³/mol. The first-order valence-corrected chi connectivity index (χ1v) is 11.4. The van der Waals surface area contributed by atoms with Crippen molar-refractivity contribution in [3.63, 3.8) is 0 Å². The van der Waals surface area contributed by atoms with Gasteiger partial charge in [-0.1, -0.05) is 48.0 Å². The number of aromatic nitrogens is 2. The Morgan fingerprint density at radius 2 is 1.87 bits per heavy atom. The van der Waals surface area contributed by atoms with Gasteiger partial charge in [-0.3, -0.25) is 10.1 Å². The van der Waals surface area contributed by atoms with Crippen molar-refractivity contribution in [3.8, 4) is 0 Å². The molecule has 0 saturated carbocycles. The average molecular weight is 445 g/mol. The maximum absolute atomic E-state index is 13.0. The summed E-state index contributed by atoms with van der Waals surface area (Å²) in [6, 6.07) is 14.8. The van der Waals surface area contributed by atoms with Crippen LogP contribution >= 0.6 is 11.6 Å². The second-order valence-corrected chi connectivity index (χ2v) is 9.34. The first-order valence-electron chi connectivity index (χ1n) is 9.59. The number of sulfonamides is 1. The predicted octanol–water partition coefficient (Wildman–Crippen LogP) is 3.38. The largest absolute Gasteiger partial charge is 0.313 e. The number of carbonyl (C=O) groups is 1. The van der Waals surface area contributed by atoms with Crippen LogP contribution in [0.25, 0.3) is 0 Å². The fraction of sp³-hybridized carbons (Fsp3) is 0.238. The van der Waals surface area contributed by atoms with E-state index < -0.39 is 22.0 Å². The Morgan fingerprint density at radius 3 is 2.63 bits per heavy atom. The van der Waals surface area contributed by atoms with Crippen molar-refractivity contribution in [2.24, 2.45) is 0 Å². The van der Waals surface area contributed by atoms with Crippen LogP contribution in [0.5, 0.6) is 0 Å². The molecule has 1 aliphatic rings. The molecule has 3 aromatic rings. The van der Waals surface area contributed by atoms with Gasteiger partial charge in [0.05, 0.1) is 11.4 Å². The summed E-state index contributed by atoms with van der Waals surface area (Å²) in [7, 11) is -3.75. The number of carbonyl (C=O) groups excluding carboxylic acids is 1. The van der Waals surface area contributed by atoms with Crippen LogP contribution in [0.2, 0.25) is 5.02 Å². The van der Waals surface area contributed by atoms with Crippen molar-refractivity contribution in [3.05, 3.63) is 77.6 Å². The summed E-state index contributed by atoms with van der Waals surface area (Å²) in [4.78, 5) is 17.4. The zero-order valence-corrected chi connectivity index (χ0v) is 17.7. The van der Waals surface area contributed by atoms with Crippen molar-refractivity contribution in [1.82, 2.24) is 13.9 Å². The molecular formula is C21H21ClN4O3S. The number of nitrogens with one attached hydrogen (secondary N) is 1. The van der Waals surface area contributed by atoms with Crippen molar-refractivity contribution < 1.29 is 13.2 Å². The molecule has 0 radical (unpaired) electrons. The van der Waals surface area contributed by atoms with Crippen molar-refractivity contribution >= 4 is 33.5 Å². The summed E-state index contributed by atoms with van der Waals surface area (Å²) < 4.78 is 29.1. The van der Waals surface area contributed by atoms with Crippen LogP contribution < -0.4 is 5.32 Å². The molecule has 1 unspecified atom stereocenters. The maximum atomic E-state index is 13.0. The summed E-state index contributed by atoms with van der Waals surface area (Å²) in [5, 5.41) is 3.41. The number of hydrogen-bond acceptors (Lipinski definition) is 4. The van der Waals surface area contributed by atoms with E-state index in [1.165, 1.54) is 4.31 Å². The van der Waals surface area contributed by atoms with Crippen LogP contribution in [-0.2, 0) is 21.4 Å². The van der Waals surface area contributed by atoms with Crippen molar-refractivity contribution in [2.45, 2.75) is 30.3 Å². The molecule has 7 nitrogen and oxygen atoms in total. The van der Waals surface area contributed by atoms with Gasteiger partial charge in [0.25, 0.3) is 0 Å². The van der Waals surface area contributed by atoms with E-state index in [-0.39, 0.29) is 4.90 Å². The van der Waals surface area contributed by atoms with Gasteiger partial charge < -0.3 is 4.57 Å². The smallest absolute Gasteiger partial charge is 0.245 e. The minimum Gasteiger partial charge on any atom is -0.313 e. The third kappa shape index (κ3) is 4.12. The molecule has 2 aromatic carbocycles. The molecule has 0 bridgehead atoms. The molecule has 2 heterocycles. The maximum Gasteiger partial charge on any atom is 0.245 e. The van der Waals surface area contributed by atoms with Crippen LogP contribution in [0.4, 0.5) is 5.95 Å². The van der Waals surface area contributed by atoms with Crippen LogP contribution in [0.3, 0.4) is 0 Å². The molecule has 1 aliphatic heterocycles. The van der Waals surface area contributed by atoms with E-state index >= 15 is 0 Å². The van der Waals surface area contributed by atoms with Crippen LogP contribution in [-0.4, -0.2) is 40.8 Å². The van der Waals surface area contributed by atoms with Crippen molar-refractivity contribution in [1.29, 1.82) is 0 Å². The highest BCUT2D eigenvalue weighted by atomic mass is 35.5. The molecule has 30 heavy (non-hydrogen) atoms. The fourth-order valence-corrected chi connectivity index (χ4v) is 5.46. The Kier molecular flexibility index (Phi) is 5.90.